The summed E-state index contributed by atoms with van der Waals surface area (Å²) in [4.78, 5) is 0. The van der Waals surface area contributed by atoms with Crippen molar-refractivity contribution in [2.45, 2.75) is 12.8 Å². The summed E-state index contributed by atoms with van der Waals surface area (Å²) in [7, 11) is 1.66. The molecule has 0 aliphatic carbocycles. The van der Waals surface area contributed by atoms with Gasteiger partial charge in [0.15, 0.2) is 0 Å². The first-order valence-electron chi connectivity index (χ1n) is 8.56. The fourth-order valence-electron chi connectivity index (χ4n) is 2.90. The predicted molar refractivity (Wildman–Crippen MR) is 102 cm³/mol. The SMILES string of the molecule is COc1ccc2cc(C(C)c3nnc(Nc4ccc(F)cc4)o3)ccc2c1. The van der Waals surface area contributed by atoms with E-state index in [-0.39, 0.29) is 17.7 Å². The molecule has 0 bridgehead atoms. The Bertz CT molecular complexity index is 1080. The number of methoxy groups -OCH3 is 1. The van der Waals surface area contributed by atoms with E-state index >= 15 is 0 Å². The molecule has 0 fully saturated rings. The third-order valence-corrected chi connectivity index (χ3v) is 4.48. The maximum absolute atomic E-state index is 13.0. The summed E-state index contributed by atoms with van der Waals surface area (Å²) in [5, 5.41) is 13.4. The predicted octanol–water partition coefficient (Wildman–Crippen LogP) is 5.27. The number of rotatable bonds is 5. The van der Waals surface area contributed by atoms with Crippen molar-refractivity contribution in [2.75, 3.05) is 12.4 Å². The van der Waals surface area contributed by atoms with Gasteiger partial charge in [0.1, 0.15) is 11.6 Å². The minimum Gasteiger partial charge on any atom is -0.497 e. The Morgan fingerprint density at radius 3 is 2.48 bits per heavy atom. The molecule has 0 aliphatic rings. The van der Waals surface area contributed by atoms with Gasteiger partial charge in [0.25, 0.3) is 0 Å². The Morgan fingerprint density at radius 2 is 1.70 bits per heavy atom. The Kier molecular flexibility index (Phi) is 4.46. The van der Waals surface area contributed by atoms with Crippen LogP contribution in [0.4, 0.5) is 16.1 Å². The average Bonchev–Trinajstić information content (AvgIpc) is 3.16. The zero-order valence-corrected chi connectivity index (χ0v) is 14.9. The summed E-state index contributed by atoms with van der Waals surface area (Å²) in [6.07, 6.45) is 0. The zero-order chi connectivity index (χ0) is 18.8. The number of halogens is 1. The van der Waals surface area contributed by atoms with Crippen LogP contribution in [0.3, 0.4) is 0 Å². The standard InChI is InChI=1S/C21H18FN3O2/c1-13(14-3-4-16-12-19(26-2)10-5-15(16)11-14)20-24-25-21(27-20)23-18-8-6-17(22)7-9-18/h3-13H,1-2H3,(H,23,25). The first-order valence-corrected chi connectivity index (χ1v) is 8.56. The molecular formula is C21H18FN3O2. The second-order valence-electron chi connectivity index (χ2n) is 6.27. The highest BCUT2D eigenvalue weighted by molar-refractivity contribution is 5.84. The molecule has 3 aromatic carbocycles. The van der Waals surface area contributed by atoms with Gasteiger partial charge in [-0.3, -0.25) is 0 Å². The molecule has 1 atom stereocenters. The molecule has 0 saturated carbocycles. The van der Waals surface area contributed by atoms with E-state index in [1.807, 2.05) is 31.2 Å². The molecule has 0 radical (unpaired) electrons. The number of benzene rings is 3. The Balaban J connectivity index is 1.55. The molecule has 1 N–H and O–H groups in total. The lowest BCUT2D eigenvalue weighted by atomic mass is 9.97. The Hall–Kier alpha value is -3.41. The molecule has 4 aromatic rings. The van der Waals surface area contributed by atoms with Gasteiger partial charge in [-0.05, 0) is 59.7 Å². The lowest BCUT2D eigenvalue weighted by Gasteiger charge is -2.09. The third-order valence-electron chi connectivity index (χ3n) is 4.48. The molecule has 136 valence electrons. The van der Waals surface area contributed by atoms with Gasteiger partial charge >= 0.3 is 6.01 Å². The molecule has 5 nitrogen and oxygen atoms in total. The summed E-state index contributed by atoms with van der Waals surface area (Å²) in [6, 6.07) is 18.4. The van der Waals surface area contributed by atoms with Crippen LogP contribution < -0.4 is 10.1 Å². The van der Waals surface area contributed by atoms with Crippen molar-refractivity contribution in [2.24, 2.45) is 0 Å². The fourth-order valence-corrected chi connectivity index (χ4v) is 2.90. The topological polar surface area (TPSA) is 60.2 Å². The summed E-state index contributed by atoms with van der Waals surface area (Å²) in [5.41, 5.74) is 1.75. The number of hydrogen-bond acceptors (Lipinski definition) is 5. The van der Waals surface area contributed by atoms with E-state index in [2.05, 4.69) is 27.6 Å². The summed E-state index contributed by atoms with van der Waals surface area (Å²) >= 11 is 0. The maximum atomic E-state index is 13.0. The molecular weight excluding hydrogens is 345 g/mol. The highest BCUT2D eigenvalue weighted by atomic mass is 19.1. The van der Waals surface area contributed by atoms with Crippen LogP contribution in [0.5, 0.6) is 5.75 Å². The third kappa shape index (κ3) is 3.60. The second-order valence-corrected chi connectivity index (χ2v) is 6.27. The smallest absolute Gasteiger partial charge is 0.320 e. The number of aromatic nitrogens is 2. The summed E-state index contributed by atoms with van der Waals surface area (Å²) in [6.45, 7) is 2.01. The highest BCUT2D eigenvalue weighted by Gasteiger charge is 2.17. The summed E-state index contributed by atoms with van der Waals surface area (Å²) < 4.78 is 24.0. The van der Waals surface area contributed by atoms with Crippen LogP contribution in [-0.2, 0) is 0 Å². The summed E-state index contributed by atoms with van der Waals surface area (Å²) in [5.74, 6) is 0.978. The quantitative estimate of drug-likeness (QED) is 0.524. The first-order chi connectivity index (χ1) is 13.1. The molecule has 0 spiro atoms. The molecule has 1 unspecified atom stereocenters. The van der Waals surface area contributed by atoms with Gasteiger partial charge in [-0.1, -0.05) is 29.4 Å². The van der Waals surface area contributed by atoms with Crippen LogP contribution >= 0.6 is 0 Å². The molecule has 0 aliphatic heterocycles. The van der Waals surface area contributed by atoms with Gasteiger partial charge in [-0.25, -0.2) is 4.39 Å². The van der Waals surface area contributed by atoms with E-state index in [0.717, 1.165) is 22.1 Å². The maximum Gasteiger partial charge on any atom is 0.320 e. The second kappa shape index (κ2) is 7.07. The molecule has 1 aromatic heterocycles. The van der Waals surface area contributed by atoms with Crippen molar-refractivity contribution in [3.05, 3.63) is 77.9 Å². The monoisotopic (exact) mass is 363 g/mol. The van der Waals surface area contributed by atoms with Crippen LogP contribution in [0.25, 0.3) is 10.8 Å². The van der Waals surface area contributed by atoms with Crippen molar-refractivity contribution < 1.29 is 13.5 Å². The van der Waals surface area contributed by atoms with Gasteiger partial charge in [-0.2, -0.15) is 0 Å². The van der Waals surface area contributed by atoms with Crippen molar-refractivity contribution in [1.29, 1.82) is 0 Å². The molecule has 0 amide bonds. The van der Waals surface area contributed by atoms with Gasteiger partial charge < -0.3 is 14.5 Å². The van der Waals surface area contributed by atoms with Crippen molar-refractivity contribution in [1.82, 2.24) is 10.2 Å². The fraction of sp³-hybridized carbons (Fsp3) is 0.143. The Morgan fingerprint density at radius 1 is 0.963 bits per heavy atom. The van der Waals surface area contributed by atoms with Gasteiger partial charge in [0.2, 0.25) is 5.89 Å². The highest BCUT2D eigenvalue weighted by Crippen LogP contribution is 2.29. The lowest BCUT2D eigenvalue weighted by Crippen LogP contribution is -1.96. The first kappa shape index (κ1) is 17.0. The number of nitrogens with one attached hydrogen (secondary N) is 1. The normalized spacial score (nSPS) is 12.1. The zero-order valence-electron chi connectivity index (χ0n) is 14.9. The van der Waals surface area contributed by atoms with E-state index in [1.54, 1.807) is 19.2 Å². The van der Waals surface area contributed by atoms with Crippen LogP contribution in [0.15, 0.2) is 65.1 Å². The van der Waals surface area contributed by atoms with E-state index in [0.29, 0.717) is 11.6 Å². The minimum atomic E-state index is -0.297. The molecule has 6 heteroatoms. The van der Waals surface area contributed by atoms with Gasteiger partial charge in [-0.15, -0.1) is 5.10 Å². The van der Waals surface area contributed by atoms with E-state index in [9.17, 15) is 4.39 Å². The van der Waals surface area contributed by atoms with E-state index < -0.39 is 0 Å². The number of anilines is 2. The number of nitrogens with zero attached hydrogens (tertiary/aromatic N) is 2. The largest absolute Gasteiger partial charge is 0.497 e. The van der Waals surface area contributed by atoms with Crippen molar-refractivity contribution in [3.8, 4) is 5.75 Å². The van der Waals surface area contributed by atoms with E-state index in [4.69, 9.17) is 9.15 Å². The van der Waals surface area contributed by atoms with Crippen LogP contribution in [-0.4, -0.2) is 17.3 Å². The minimum absolute atomic E-state index is 0.0623. The van der Waals surface area contributed by atoms with E-state index in [1.165, 1.54) is 12.1 Å². The lowest BCUT2D eigenvalue weighted by molar-refractivity contribution is 0.415. The number of fused-ring (bicyclic) bond motifs is 1. The molecule has 4 rings (SSSR count). The Labute approximate surface area is 155 Å². The van der Waals surface area contributed by atoms with Crippen molar-refractivity contribution in [3.63, 3.8) is 0 Å². The molecule has 0 saturated heterocycles. The number of hydrogen-bond donors (Lipinski definition) is 1. The van der Waals surface area contributed by atoms with Crippen LogP contribution in [0, 0.1) is 5.82 Å². The van der Waals surface area contributed by atoms with Gasteiger partial charge in [0, 0.05) is 5.69 Å². The molecule has 27 heavy (non-hydrogen) atoms. The van der Waals surface area contributed by atoms with Crippen LogP contribution in [0.1, 0.15) is 24.3 Å². The average molecular weight is 363 g/mol. The van der Waals surface area contributed by atoms with Crippen molar-refractivity contribution >= 4 is 22.5 Å². The van der Waals surface area contributed by atoms with Gasteiger partial charge in [0.05, 0.1) is 13.0 Å². The number of ether oxygens (including phenoxy) is 1. The van der Waals surface area contributed by atoms with Crippen LogP contribution in [0.2, 0.25) is 0 Å². The molecule has 1 heterocycles.